The molecule has 0 heterocycles. The second-order valence-electron chi connectivity index (χ2n) is 4.95. The Kier molecular flexibility index (Phi) is 5.31. The van der Waals surface area contributed by atoms with Crippen LogP contribution in [0.4, 0.5) is 0 Å². The van der Waals surface area contributed by atoms with Gasteiger partial charge in [-0.3, -0.25) is 0 Å². The topological polar surface area (TPSA) is 66.4 Å². The molecule has 0 bridgehead atoms. The maximum Gasteiger partial charge on any atom is 0.240 e. The molecule has 18 heavy (non-hydrogen) atoms. The van der Waals surface area contributed by atoms with Crippen LogP contribution in [-0.2, 0) is 10.0 Å². The molecule has 1 atom stereocenters. The number of hydrogen-bond acceptors (Lipinski definition) is 3. The summed E-state index contributed by atoms with van der Waals surface area (Å²) in [6.45, 7) is 5.92. The molecule has 0 spiro atoms. The van der Waals surface area contributed by atoms with Gasteiger partial charge in [-0.15, -0.1) is 0 Å². The zero-order valence-electron chi connectivity index (χ0n) is 11.1. The van der Waals surface area contributed by atoms with Crippen LogP contribution in [0.5, 0.6) is 0 Å². The van der Waals surface area contributed by atoms with Crippen molar-refractivity contribution in [1.29, 1.82) is 0 Å². The largest absolute Gasteiger partial charge is 0.392 e. The molecule has 0 aromatic heterocycles. The molecule has 0 aliphatic carbocycles. The Morgan fingerprint density at radius 3 is 2.28 bits per heavy atom. The highest BCUT2D eigenvalue weighted by atomic mass is 32.2. The minimum atomic E-state index is -3.52. The molecule has 0 aliphatic heterocycles. The molecule has 0 saturated carbocycles. The van der Waals surface area contributed by atoms with E-state index in [4.69, 9.17) is 0 Å². The average Bonchev–Trinajstić information content (AvgIpc) is 2.26. The first-order valence-corrected chi connectivity index (χ1v) is 7.54. The van der Waals surface area contributed by atoms with Crippen LogP contribution >= 0.6 is 0 Å². The highest BCUT2D eigenvalue weighted by molar-refractivity contribution is 7.89. The third kappa shape index (κ3) is 4.76. The van der Waals surface area contributed by atoms with Gasteiger partial charge in [0.2, 0.25) is 10.0 Å². The zero-order chi connectivity index (χ0) is 13.8. The molecule has 4 nitrogen and oxygen atoms in total. The summed E-state index contributed by atoms with van der Waals surface area (Å²) in [6.07, 6.45) is -0.0682. The SMILES string of the molecule is Cc1ccc(S(=O)(=O)NCC(O)CC(C)C)cc1. The van der Waals surface area contributed by atoms with Gasteiger partial charge in [0, 0.05) is 6.54 Å². The smallest absolute Gasteiger partial charge is 0.240 e. The number of rotatable bonds is 6. The number of aliphatic hydroxyl groups is 1. The van der Waals surface area contributed by atoms with Gasteiger partial charge >= 0.3 is 0 Å². The van der Waals surface area contributed by atoms with Gasteiger partial charge in [-0.2, -0.15) is 0 Å². The molecule has 5 heteroatoms. The standard InChI is InChI=1S/C13H21NO3S/c1-10(2)8-12(15)9-14-18(16,17)13-6-4-11(3)5-7-13/h4-7,10,12,14-15H,8-9H2,1-3H3. The van der Waals surface area contributed by atoms with Gasteiger partial charge in [0.25, 0.3) is 0 Å². The Balaban J connectivity index is 2.63. The Morgan fingerprint density at radius 1 is 1.22 bits per heavy atom. The summed E-state index contributed by atoms with van der Waals surface area (Å²) >= 11 is 0. The van der Waals surface area contributed by atoms with Crippen molar-refractivity contribution in [2.45, 2.75) is 38.2 Å². The van der Waals surface area contributed by atoms with Crippen molar-refractivity contribution in [3.05, 3.63) is 29.8 Å². The second-order valence-corrected chi connectivity index (χ2v) is 6.72. The van der Waals surface area contributed by atoms with E-state index in [9.17, 15) is 13.5 Å². The predicted octanol–water partition coefficient (Wildman–Crippen LogP) is 1.68. The highest BCUT2D eigenvalue weighted by Crippen LogP contribution is 2.10. The van der Waals surface area contributed by atoms with Gasteiger partial charge in [0.15, 0.2) is 0 Å². The molecular formula is C13H21NO3S. The van der Waals surface area contributed by atoms with E-state index >= 15 is 0 Å². The maximum absolute atomic E-state index is 11.9. The first-order chi connectivity index (χ1) is 8.31. The van der Waals surface area contributed by atoms with Gasteiger partial charge in [-0.25, -0.2) is 13.1 Å². The van der Waals surface area contributed by atoms with Gasteiger partial charge in [-0.1, -0.05) is 31.5 Å². The van der Waals surface area contributed by atoms with Crippen LogP contribution in [-0.4, -0.2) is 26.2 Å². The predicted molar refractivity (Wildman–Crippen MR) is 71.8 cm³/mol. The molecule has 1 unspecified atom stereocenters. The van der Waals surface area contributed by atoms with E-state index < -0.39 is 16.1 Å². The zero-order valence-corrected chi connectivity index (χ0v) is 11.9. The molecule has 1 rings (SSSR count). The number of hydrogen-bond donors (Lipinski definition) is 2. The Bertz CT molecular complexity index is 466. The monoisotopic (exact) mass is 271 g/mol. The summed E-state index contributed by atoms with van der Waals surface area (Å²) in [5, 5.41) is 9.65. The fourth-order valence-electron chi connectivity index (χ4n) is 1.63. The van der Waals surface area contributed by atoms with Crippen molar-refractivity contribution in [2.75, 3.05) is 6.54 Å². The van der Waals surface area contributed by atoms with Crippen LogP contribution in [0.3, 0.4) is 0 Å². The van der Waals surface area contributed by atoms with E-state index in [-0.39, 0.29) is 11.4 Å². The summed E-state index contributed by atoms with van der Waals surface area (Å²) < 4.78 is 26.2. The first-order valence-electron chi connectivity index (χ1n) is 6.05. The lowest BCUT2D eigenvalue weighted by Gasteiger charge is -2.14. The molecule has 2 N–H and O–H groups in total. The van der Waals surface area contributed by atoms with E-state index in [0.29, 0.717) is 12.3 Å². The normalized spacial score (nSPS) is 13.8. The van der Waals surface area contributed by atoms with Crippen LogP contribution in [0.25, 0.3) is 0 Å². The van der Waals surface area contributed by atoms with Crippen LogP contribution < -0.4 is 4.72 Å². The van der Waals surface area contributed by atoms with Crippen LogP contribution in [0.2, 0.25) is 0 Å². The van der Waals surface area contributed by atoms with Crippen molar-refractivity contribution >= 4 is 10.0 Å². The molecule has 0 radical (unpaired) electrons. The van der Waals surface area contributed by atoms with Crippen LogP contribution in [0, 0.1) is 12.8 Å². The number of aryl methyl sites for hydroxylation is 1. The van der Waals surface area contributed by atoms with Gasteiger partial charge in [0.05, 0.1) is 11.0 Å². The van der Waals surface area contributed by atoms with Gasteiger partial charge < -0.3 is 5.11 Å². The lowest BCUT2D eigenvalue weighted by atomic mass is 10.1. The number of sulfonamides is 1. The third-order valence-corrected chi connectivity index (χ3v) is 4.02. The van der Waals surface area contributed by atoms with Crippen molar-refractivity contribution < 1.29 is 13.5 Å². The molecule has 102 valence electrons. The molecule has 1 aromatic carbocycles. The maximum atomic E-state index is 11.9. The molecule has 0 saturated heterocycles. The second kappa shape index (κ2) is 6.31. The molecular weight excluding hydrogens is 250 g/mol. The van der Waals surface area contributed by atoms with Crippen molar-refractivity contribution in [2.24, 2.45) is 5.92 Å². The quantitative estimate of drug-likeness (QED) is 0.827. The van der Waals surface area contributed by atoms with Crippen LogP contribution in [0.15, 0.2) is 29.2 Å². The summed E-state index contributed by atoms with van der Waals surface area (Å²) in [7, 11) is -3.52. The number of benzene rings is 1. The third-order valence-electron chi connectivity index (χ3n) is 2.58. The first kappa shape index (κ1) is 15.1. The molecule has 0 amide bonds. The van der Waals surface area contributed by atoms with E-state index in [2.05, 4.69) is 4.72 Å². The van der Waals surface area contributed by atoms with Gasteiger partial charge in [-0.05, 0) is 31.4 Å². The van der Waals surface area contributed by atoms with Crippen molar-refractivity contribution in [3.8, 4) is 0 Å². The minimum absolute atomic E-state index is 0.0500. The number of nitrogens with one attached hydrogen (secondary N) is 1. The average molecular weight is 271 g/mol. The van der Waals surface area contributed by atoms with Crippen LogP contribution in [0.1, 0.15) is 25.8 Å². The molecule has 1 aromatic rings. The minimum Gasteiger partial charge on any atom is -0.392 e. The summed E-state index contributed by atoms with van der Waals surface area (Å²) in [5.74, 6) is 0.337. The Morgan fingerprint density at radius 2 is 1.78 bits per heavy atom. The summed E-state index contributed by atoms with van der Waals surface area (Å²) in [6, 6.07) is 6.62. The van der Waals surface area contributed by atoms with E-state index in [1.807, 2.05) is 20.8 Å². The molecule has 0 aliphatic rings. The lowest BCUT2D eigenvalue weighted by molar-refractivity contribution is 0.152. The fourth-order valence-corrected chi connectivity index (χ4v) is 2.71. The van der Waals surface area contributed by atoms with Crippen molar-refractivity contribution in [3.63, 3.8) is 0 Å². The van der Waals surface area contributed by atoms with Crippen molar-refractivity contribution in [1.82, 2.24) is 4.72 Å². The molecule has 0 fully saturated rings. The summed E-state index contributed by atoms with van der Waals surface area (Å²) in [4.78, 5) is 0.227. The Hall–Kier alpha value is -0.910. The lowest BCUT2D eigenvalue weighted by Crippen LogP contribution is -2.32. The summed E-state index contributed by atoms with van der Waals surface area (Å²) in [5.41, 5.74) is 1.01. The number of aliphatic hydroxyl groups excluding tert-OH is 1. The van der Waals surface area contributed by atoms with E-state index in [1.54, 1.807) is 24.3 Å². The highest BCUT2D eigenvalue weighted by Gasteiger charge is 2.16. The van der Waals surface area contributed by atoms with E-state index in [1.165, 1.54) is 0 Å². The fraction of sp³-hybridized carbons (Fsp3) is 0.538. The van der Waals surface area contributed by atoms with Gasteiger partial charge in [0.1, 0.15) is 0 Å². The Labute approximate surface area is 109 Å². The van der Waals surface area contributed by atoms with E-state index in [0.717, 1.165) is 5.56 Å².